The van der Waals surface area contributed by atoms with Gasteiger partial charge in [0.1, 0.15) is 18.1 Å². The van der Waals surface area contributed by atoms with Crippen LogP contribution in [0.3, 0.4) is 0 Å². The predicted octanol–water partition coefficient (Wildman–Crippen LogP) is 5.03. The third-order valence-electron chi connectivity index (χ3n) is 3.85. The van der Waals surface area contributed by atoms with Crippen LogP contribution in [0.25, 0.3) is 0 Å². The second kappa shape index (κ2) is 12.4. The molecule has 0 amide bonds. The molecule has 1 fully saturated rings. The topological polar surface area (TPSA) is 126 Å². The van der Waals surface area contributed by atoms with Gasteiger partial charge in [-0.1, -0.05) is 0 Å². The fraction of sp³-hybridized carbons (Fsp3) is 0.391. The molecule has 1 saturated heterocycles. The van der Waals surface area contributed by atoms with Gasteiger partial charge in [0, 0.05) is 0 Å². The van der Waals surface area contributed by atoms with E-state index in [0.29, 0.717) is 20.3 Å². The number of epoxide rings is 1. The molecule has 0 spiro atoms. The number of aromatic hydroxyl groups is 1. The maximum atomic E-state index is 10.9. The lowest BCUT2D eigenvalue weighted by Gasteiger charge is -2.18. The second-order valence-electron chi connectivity index (χ2n) is 8.26. The normalized spacial score (nSPS) is 13.5. The van der Waals surface area contributed by atoms with E-state index in [1.807, 2.05) is 0 Å². The third kappa shape index (κ3) is 11.5. The number of esters is 1. The van der Waals surface area contributed by atoms with Crippen molar-refractivity contribution in [1.29, 1.82) is 0 Å². The van der Waals surface area contributed by atoms with Gasteiger partial charge in [-0.15, -0.1) is 0 Å². The van der Waals surface area contributed by atoms with E-state index in [1.165, 1.54) is 25.3 Å². The molecule has 0 radical (unpaired) electrons. The van der Waals surface area contributed by atoms with Gasteiger partial charge in [-0.05, 0) is 96.0 Å². The van der Waals surface area contributed by atoms with Crippen molar-refractivity contribution in [2.75, 3.05) is 20.3 Å². The molecule has 1 heterocycles. The first-order valence-corrected chi connectivity index (χ1v) is 11.3. The zero-order chi connectivity index (χ0) is 25.4. The lowest BCUT2D eigenvalue weighted by Crippen LogP contribution is -2.28. The molecule has 0 saturated carbocycles. The highest BCUT2D eigenvalue weighted by Crippen LogP contribution is 2.27. The molecule has 0 aliphatic carbocycles. The van der Waals surface area contributed by atoms with Crippen molar-refractivity contribution in [2.45, 2.75) is 38.9 Å². The summed E-state index contributed by atoms with van der Waals surface area (Å²) in [5, 5.41) is 27.5. The van der Waals surface area contributed by atoms with Crippen molar-refractivity contribution in [3.8, 4) is 11.5 Å². The van der Waals surface area contributed by atoms with Crippen molar-refractivity contribution < 1.29 is 39.1 Å². The van der Waals surface area contributed by atoms with Crippen molar-refractivity contribution in [2.24, 2.45) is 0 Å². The number of ether oxygens (including phenoxy) is 3. The van der Waals surface area contributed by atoms with E-state index in [1.54, 1.807) is 32.0 Å². The number of aromatic carboxylic acids is 1. The fourth-order valence-electron chi connectivity index (χ4n) is 1.90. The highest BCUT2D eigenvalue weighted by atomic mass is 79.9. The van der Waals surface area contributed by atoms with Gasteiger partial charge in [0.25, 0.3) is 0 Å². The number of benzene rings is 2. The third-order valence-corrected chi connectivity index (χ3v) is 5.17. The van der Waals surface area contributed by atoms with Gasteiger partial charge in [-0.25, -0.2) is 9.59 Å². The highest BCUT2D eigenvalue weighted by Gasteiger charge is 2.32. The Bertz CT molecular complexity index is 961. The van der Waals surface area contributed by atoms with Crippen LogP contribution in [0.5, 0.6) is 11.5 Å². The zero-order valence-corrected chi connectivity index (χ0v) is 22.2. The van der Waals surface area contributed by atoms with E-state index in [9.17, 15) is 19.8 Å². The molecule has 2 aromatic carbocycles. The van der Waals surface area contributed by atoms with Crippen LogP contribution in [0.15, 0.2) is 45.3 Å². The molecule has 3 rings (SSSR count). The maximum absolute atomic E-state index is 10.9. The largest absolute Gasteiger partial charge is 0.507 e. The molecule has 2 aromatic rings. The van der Waals surface area contributed by atoms with Crippen molar-refractivity contribution in [3.63, 3.8) is 0 Å². The molecular formula is C23H28Br2O8. The van der Waals surface area contributed by atoms with Gasteiger partial charge in [0.15, 0.2) is 0 Å². The van der Waals surface area contributed by atoms with Crippen LogP contribution >= 0.6 is 31.9 Å². The molecule has 0 atom stereocenters. The molecule has 1 aliphatic rings. The SMILES string of the molecule is CC(C)(O)COc1cc(C(=O)O)ccc1Br.CC1(C)CO1.COC(=O)c1ccc(Br)c(O)c1. The summed E-state index contributed by atoms with van der Waals surface area (Å²) in [5.41, 5.74) is -0.231. The standard InChI is InChI=1S/C11H13BrO4.C8H7BrO3.C4H8O/c1-11(2,15)6-16-9-5-7(10(13)14)3-4-8(9)12;1-12-8(11)5-2-3-6(9)7(10)4-5;1-4(2)3-5-4/h3-5,15H,6H2,1-2H3,(H,13,14);2-4,10H,1H3;3H2,1-2H3. The number of aliphatic hydroxyl groups is 1. The molecule has 3 N–H and O–H groups in total. The summed E-state index contributed by atoms with van der Waals surface area (Å²) in [6, 6.07) is 8.98. The number of phenols is 1. The quantitative estimate of drug-likeness (QED) is 0.326. The molecule has 0 unspecified atom stereocenters. The number of phenolic OH excluding ortho intramolecular Hbond substituents is 1. The maximum Gasteiger partial charge on any atom is 0.337 e. The lowest BCUT2D eigenvalue weighted by molar-refractivity contribution is 0.0282. The molecule has 8 nitrogen and oxygen atoms in total. The number of hydrogen-bond acceptors (Lipinski definition) is 7. The van der Waals surface area contributed by atoms with Crippen LogP contribution in [0, 0.1) is 0 Å². The minimum Gasteiger partial charge on any atom is -0.507 e. The Labute approximate surface area is 209 Å². The van der Waals surface area contributed by atoms with E-state index >= 15 is 0 Å². The van der Waals surface area contributed by atoms with Crippen molar-refractivity contribution in [3.05, 3.63) is 56.5 Å². The Morgan fingerprint density at radius 3 is 2.03 bits per heavy atom. The lowest BCUT2D eigenvalue weighted by atomic mass is 10.1. The van der Waals surface area contributed by atoms with Crippen molar-refractivity contribution in [1.82, 2.24) is 0 Å². The minimum absolute atomic E-state index is 0.0258. The van der Waals surface area contributed by atoms with Crippen LogP contribution in [0.4, 0.5) is 0 Å². The number of carboxylic acid groups (broad SMARTS) is 1. The number of halogens is 2. The summed E-state index contributed by atoms with van der Waals surface area (Å²) in [6.45, 7) is 8.42. The number of methoxy groups -OCH3 is 1. The molecule has 10 heteroatoms. The molecular weight excluding hydrogens is 564 g/mol. The molecule has 1 aliphatic heterocycles. The van der Waals surface area contributed by atoms with E-state index in [-0.39, 0.29) is 23.5 Å². The summed E-state index contributed by atoms with van der Waals surface area (Å²) >= 11 is 6.35. The van der Waals surface area contributed by atoms with Gasteiger partial charge < -0.3 is 29.5 Å². The van der Waals surface area contributed by atoms with E-state index < -0.39 is 17.5 Å². The van der Waals surface area contributed by atoms with Crippen LogP contribution in [0.2, 0.25) is 0 Å². The van der Waals surface area contributed by atoms with Gasteiger partial charge >= 0.3 is 11.9 Å². The van der Waals surface area contributed by atoms with Gasteiger partial charge in [-0.3, -0.25) is 0 Å². The average molecular weight is 592 g/mol. The summed E-state index contributed by atoms with van der Waals surface area (Å²) < 4.78 is 15.9. The van der Waals surface area contributed by atoms with E-state index in [4.69, 9.17) is 14.6 Å². The van der Waals surface area contributed by atoms with Crippen LogP contribution in [-0.2, 0) is 9.47 Å². The summed E-state index contributed by atoms with van der Waals surface area (Å²) in [5.74, 6) is -1.04. The monoisotopic (exact) mass is 590 g/mol. The minimum atomic E-state index is -1.01. The average Bonchev–Trinajstić information content (AvgIpc) is 3.43. The predicted molar refractivity (Wildman–Crippen MR) is 130 cm³/mol. The Morgan fingerprint density at radius 2 is 1.61 bits per heavy atom. The van der Waals surface area contributed by atoms with Crippen LogP contribution in [-0.4, -0.2) is 58.8 Å². The summed E-state index contributed by atoms with van der Waals surface area (Å²) in [6.07, 6.45) is 0. The molecule has 0 bridgehead atoms. The summed E-state index contributed by atoms with van der Waals surface area (Å²) in [7, 11) is 1.29. The fourth-order valence-corrected chi connectivity index (χ4v) is 2.51. The number of carbonyl (C=O) groups excluding carboxylic acids is 1. The van der Waals surface area contributed by atoms with Crippen LogP contribution in [0.1, 0.15) is 48.4 Å². The Hall–Kier alpha value is -2.14. The molecule has 0 aromatic heterocycles. The van der Waals surface area contributed by atoms with Crippen LogP contribution < -0.4 is 4.74 Å². The van der Waals surface area contributed by atoms with Crippen molar-refractivity contribution >= 4 is 43.8 Å². The van der Waals surface area contributed by atoms with Gasteiger partial charge in [0.2, 0.25) is 0 Å². The van der Waals surface area contributed by atoms with Gasteiger partial charge in [-0.2, -0.15) is 0 Å². The first kappa shape index (κ1) is 28.9. The van der Waals surface area contributed by atoms with E-state index in [0.717, 1.165) is 6.61 Å². The smallest absolute Gasteiger partial charge is 0.337 e. The zero-order valence-electron chi connectivity index (χ0n) is 19.0. The Morgan fingerprint density at radius 1 is 1.09 bits per heavy atom. The summed E-state index contributed by atoms with van der Waals surface area (Å²) in [4.78, 5) is 21.7. The second-order valence-corrected chi connectivity index (χ2v) is 9.97. The number of rotatable bonds is 5. The van der Waals surface area contributed by atoms with E-state index in [2.05, 4.69) is 50.4 Å². The Balaban J connectivity index is 0.000000279. The van der Waals surface area contributed by atoms with Gasteiger partial charge in [0.05, 0.1) is 45.0 Å². The molecule has 182 valence electrons. The first-order valence-electron chi connectivity index (χ1n) is 9.74. The highest BCUT2D eigenvalue weighted by molar-refractivity contribution is 9.10. The number of hydrogen-bond donors (Lipinski definition) is 3. The number of carbonyl (C=O) groups is 2. The Kier molecular flexibility index (Phi) is 10.8. The molecule has 33 heavy (non-hydrogen) atoms. The first-order chi connectivity index (χ1) is 15.1. The number of carboxylic acids is 1.